The van der Waals surface area contributed by atoms with Crippen LogP contribution in [-0.4, -0.2) is 76.3 Å². The number of carbonyl (C=O) groups is 3. The lowest BCUT2D eigenvalue weighted by molar-refractivity contribution is -0.160. The number of piperazine rings is 2. The molecule has 2 aliphatic rings. The molecule has 7 heteroatoms. The Morgan fingerprint density at radius 1 is 1.16 bits per heavy atom. The molecule has 2 aromatic rings. The molecule has 2 aliphatic heterocycles. The van der Waals surface area contributed by atoms with Gasteiger partial charge in [-0.3, -0.25) is 14.4 Å². The van der Waals surface area contributed by atoms with Crippen LogP contribution in [-0.2, 0) is 20.9 Å². The van der Waals surface area contributed by atoms with E-state index in [9.17, 15) is 14.4 Å². The minimum absolute atomic E-state index is 0.0329. The number of nitrogens with zero attached hydrogens (tertiary/aromatic N) is 4. The Morgan fingerprint density at radius 3 is 2.80 bits per heavy atom. The molecule has 1 aromatic heterocycles. The van der Waals surface area contributed by atoms with Crippen molar-refractivity contribution in [3.8, 4) is 0 Å². The fourth-order valence-electron chi connectivity index (χ4n) is 3.67. The third kappa shape index (κ3) is 2.65. The first kappa shape index (κ1) is 15.7. The molecule has 0 radical (unpaired) electrons. The highest BCUT2D eigenvalue weighted by Crippen LogP contribution is 2.19. The van der Waals surface area contributed by atoms with Crippen molar-refractivity contribution < 1.29 is 14.4 Å². The second-order valence-corrected chi connectivity index (χ2v) is 6.64. The third-order valence-electron chi connectivity index (χ3n) is 5.07. The lowest BCUT2D eigenvalue weighted by atomic mass is 10.1. The number of carbonyl (C=O) groups excluding carboxylic acids is 3. The van der Waals surface area contributed by atoms with Crippen molar-refractivity contribution >= 4 is 28.6 Å². The van der Waals surface area contributed by atoms with E-state index < -0.39 is 6.04 Å². The maximum Gasteiger partial charge on any atom is 0.247 e. The largest absolute Gasteiger partial charge is 0.338 e. The minimum Gasteiger partial charge on any atom is -0.338 e. The quantitative estimate of drug-likeness (QED) is 0.782. The highest BCUT2D eigenvalue weighted by Gasteiger charge is 2.42. The van der Waals surface area contributed by atoms with Crippen LogP contribution in [0.3, 0.4) is 0 Å². The number of hydrogen-bond acceptors (Lipinski definition) is 3. The number of likely N-dealkylation sites (N-methyl/N-ethyl adjacent to an activating group) is 1. The molecule has 0 N–H and O–H groups in total. The lowest BCUT2D eigenvalue weighted by Crippen LogP contribution is -2.66. The number of aromatic nitrogens is 1. The minimum atomic E-state index is -0.551. The van der Waals surface area contributed by atoms with E-state index in [1.807, 2.05) is 41.1 Å². The van der Waals surface area contributed by atoms with E-state index in [0.717, 1.165) is 10.9 Å². The average Bonchev–Trinajstić information content (AvgIpc) is 3.02. The third-order valence-corrected chi connectivity index (χ3v) is 5.07. The van der Waals surface area contributed by atoms with E-state index in [1.54, 1.807) is 16.8 Å². The topological polar surface area (TPSA) is 65.9 Å². The smallest absolute Gasteiger partial charge is 0.247 e. The summed E-state index contributed by atoms with van der Waals surface area (Å²) in [6.07, 6.45) is 1.90. The van der Waals surface area contributed by atoms with Crippen LogP contribution in [0.2, 0.25) is 0 Å². The molecule has 1 atom stereocenters. The van der Waals surface area contributed by atoms with Crippen LogP contribution in [0.5, 0.6) is 0 Å². The van der Waals surface area contributed by atoms with Crippen molar-refractivity contribution in [1.82, 2.24) is 19.3 Å². The Hall–Kier alpha value is -2.83. The summed E-state index contributed by atoms with van der Waals surface area (Å²) in [4.78, 5) is 41.9. The zero-order valence-electron chi connectivity index (χ0n) is 14.1. The highest BCUT2D eigenvalue weighted by atomic mass is 16.2. The highest BCUT2D eigenvalue weighted by molar-refractivity contribution is 5.95. The van der Waals surface area contributed by atoms with Gasteiger partial charge in [-0.15, -0.1) is 0 Å². The van der Waals surface area contributed by atoms with Gasteiger partial charge < -0.3 is 19.3 Å². The predicted molar refractivity (Wildman–Crippen MR) is 91.7 cm³/mol. The summed E-state index contributed by atoms with van der Waals surface area (Å²) in [6.45, 7) is 1.52. The summed E-state index contributed by atoms with van der Waals surface area (Å²) < 4.78 is 1.92. The summed E-state index contributed by atoms with van der Waals surface area (Å²) in [6, 6.07) is 9.35. The molecule has 0 saturated carbocycles. The number of para-hydroxylation sites is 1. The van der Waals surface area contributed by atoms with Gasteiger partial charge >= 0.3 is 0 Å². The fourth-order valence-corrected chi connectivity index (χ4v) is 3.67. The van der Waals surface area contributed by atoms with Gasteiger partial charge in [0.15, 0.2) is 0 Å². The van der Waals surface area contributed by atoms with Gasteiger partial charge in [0.2, 0.25) is 17.7 Å². The van der Waals surface area contributed by atoms with Gasteiger partial charge in [0.1, 0.15) is 12.6 Å². The second kappa shape index (κ2) is 5.91. The normalized spacial score (nSPS) is 21.0. The number of fused-ring (bicyclic) bond motifs is 2. The molecule has 0 bridgehead atoms. The SMILES string of the molecule is CN1CC(=O)N2CCN(C(=O)Cn3ccc4ccccc43)C[C@H]2C1=O. The van der Waals surface area contributed by atoms with E-state index in [4.69, 9.17) is 0 Å². The first-order valence-electron chi connectivity index (χ1n) is 8.40. The zero-order chi connectivity index (χ0) is 17.6. The van der Waals surface area contributed by atoms with Crippen molar-refractivity contribution in [1.29, 1.82) is 0 Å². The maximum absolute atomic E-state index is 12.7. The van der Waals surface area contributed by atoms with Crippen LogP contribution in [0.1, 0.15) is 0 Å². The van der Waals surface area contributed by atoms with Crippen molar-refractivity contribution in [2.45, 2.75) is 12.6 Å². The summed E-state index contributed by atoms with van der Waals surface area (Å²) in [5, 5.41) is 1.09. The summed E-state index contributed by atoms with van der Waals surface area (Å²) in [5.74, 6) is -0.173. The van der Waals surface area contributed by atoms with E-state index in [0.29, 0.717) is 13.1 Å². The summed E-state index contributed by atoms with van der Waals surface area (Å²) in [5.41, 5.74) is 1.01. The van der Waals surface area contributed by atoms with Gasteiger partial charge in [0, 0.05) is 31.9 Å². The Morgan fingerprint density at radius 2 is 1.96 bits per heavy atom. The van der Waals surface area contributed by atoms with Crippen LogP contribution in [0.4, 0.5) is 0 Å². The Balaban J connectivity index is 1.50. The first-order valence-corrected chi connectivity index (χ1v) is 8.40. The Kier molecular flexibility index (Phi) is 3.71. The standard InChI is InChI=1S/C18H20N4O3/c1-19-11-17(24)22-9-8-21(10-15(22)18(19)25)16(23)12-20-7-6-13-4-2-3-5-14(13)20/h2-7,15H,8-12H2,1H3/t15-/m0/s1. The van der Waals surface area contributed by atoms with Crippen molar-refractivity contribution in [3.63, 3.8) is 0 Å². The summed E-state index contributed by atoms with van der Waals surface area (Å²) in [7, 11) is 1.63. The van der Waals surface area contributed by atoms with Crippen molar-refractivity contribution in [2.24, 2.45) is 0 Å². The number of rotatable bonds is 2. The Bertz CT molecular complexity index is 859. The van der Waals surface area contributed by atoms with E-state index in [1.165, 1.54) is 4.90 Å². The molecule has 3 heterocycles. The number of amides is 3. The van der Waals surface area contributed by atoms with Gasteiger partial charge in [-0.2, -0.15) is 0 Å². The molecule has 0 unspecified atom stereocenters. The van der Waals surface area contributed by atoms with Gasteiger partial charge in [0.25, 0.3) is 0 Å². The molecular formula is C18H20N4O3. The maximum atomic E-state index is 12.7. The molecule has 25 heavy (non-hydrogen) atoms. The van der Waals surface area contributed by atoms with Crippen molar-refractivity contribution in [3.05, 3.63) is 36.5 Å². The summed E-state index contributed by atoms with van der Waals surface area (Å²) >= 11 is 0. The number of hydrogen-bond donors (Lipinski definition) is 0. The van der Waals surface area contributed by atoms with Crippen LogP contribution in [0, 0.1) is 0 Å². The van der Waals surface area contributed by atoms with Crippen LogP contribution >= 0.6 is 0 Å². The van der Waals surface area contributed by atoms with Gasteiger partial charge in [-0.25, -0.2) is 0 Å². The van der Waals surface area contributed by atoms with Crippen LogP contribution in [0.25, 0.3) is 10.9 Å². The van der Waals surface area contributed by atoms with Gasteiger partial charge in [0.05, 0.1) is 13.1 Å². The van der Waals surface area contributed by atoms with E-state index in [-0.39, 0.29) is 37.4 Å². The molecule has 1 aromatic carbocycles. The van der Waals surface area contributed by atoms with Gasteiger partial charge in [-0.05, 0) is 17.5 Å². The van der Waals surface area contributed by atoms with Crippen LogP contribution in [0.15, 0.2) is 36.5 Å². The second-order valence-electron chi connectivity index (χ2n) is 6.64. The number of benzene rings is 1. The van der Waals surface area contributed by atoms with Gasteiger partial charge in [-0.1, -0.05) is 18.2 Å². The first-order chi connectivity index (χ1) is 12.0. The average molecular weight is 340 g/mol. The molecule has 7 nitrogen and oxygen atoms in total. The van der Waals surface area contributed by atoms with Crippen LogP contribution < -0.4 is 0 Å². The molecule has 0 aliphatic carbocycles. The molecule has 3 amide bonds. The molecule has 4 rings (SSSR count). The monoisotopic (exact) mass is 340 g/mol. The van der Waals surface area contributed by atoms with Crippen molar-refractivity contribution in [2.75, 3.05) is 33.2 Å². The zero-order valence-corrected chi connectivity index (χ0v) is 14.1. The lowest BCUT2D eigenvalue weighted by Gasteiger charge is -2.45. The van der Waals surface area contributed by atoms with E-state index in [2.05, 4.69) is 0 Å². The molecule has 130 valence electrons. The molecule has 2 fully saturated rings. The molecule has 2 saturated heterocycles. The predicted octanol–water partition coefficient (Wildman–Crippen LogP) is 0.153. The Labute approximate surface area is 145 Å². The fraction of sp³-hybridized carbons (Fsp3) is 0.389. The molecular weight excluding hydrogens is 320 g/mol. The van der Waals surface area contributed by atoms with E-state index >= 15 is 0 Å². The molecule has 0 spiro atoms.